The number of aliphatic hydroxyl groups is 1. The van der Waals surface area contributed by atoms with E-state index in [1.165, 1.54) is 0 Å². The minimum Gasteiger partial charge on any atom is -0.385 e. The standard InChI is InChI=1S/C25H23N3O2/c29-24(21-10-13-28-18-26-17-23(28)16-21)27-14-11-25(30,12-15-27)22-8-6-20(7-9-22)19-4-2-1-3-5-19/h1-10,13,16-18,30H,11-12,14-15H2. The van der Waals surface area contributed by atoms with E-state index in [-0.39, 0.29) is 5.91 Å². The molecule has 2 aromatic carbocycles. The minimum absolute atomic E-state index is 0.000163. The third-order valence-corrected chi connectivity index (χ3v) is 6.07. The van der Waals surface area contributed by atoms with Crippen molar-refractivity contribution in [3.05, 3.63) is 96.6 Å². The Balaban J connectivity index is 1.29. The van der Waals surface area contributed by atoms with Crippen molar-refractivity contribution in [3.63, 3.8) is 0 Å². The molecular formula is C25H23N3O2. The van der Waals surface area contributed by atoms with Crippen molar-refractivity contribution in [2.75, 3.05) is 13.1 Å². The van der Waals surface area contributed by atoms with Crippen LogP contribution in [0, 0.1) is 0 Å². The van der Waals surface area contributed by atoms with Crippen molar-refractivity contribution >= 4 is 11.4 Å². The van der Waals surface area contributed by atoms with Gasteiger partial charge >= 0.3 is 0 Å². The Morgan fingerprint density at radius 3 is 2.37 bits per heavy atom. The molecule has 30 heavy (non-hydrogen) atoms. The van der Waals surface area contributed by atoms with Crippen LogP contribution in [0.1, 0.15) is 28.8 Å². The number of fused-ring (bicyclic) bond motifs is 1. The number of benzene rings is 2. The lowest BCUT2D eigenvalue weighted by molar-refractivity contribution is -0.0211. The highest BCUT2D eigenvalue weighted by molar-refractivity contribution is 5.95. The maximum atomic E-state index is 12.9. The Morgan fingerprint density at radius 1 is 0.933 bits per heavy atom. The topological polar surface area (TPSA) is 57.8 Å². The fourth-order valence-electron chi connectivity index (χ4n) is 4.21. The maximum Gasteiger partial charge on any atom is 0.253 e. The molecule has 150 valence electrons. The fraction of sp³-hybridized carbons (Fsp3) is 0.200. The number of aromatic nitrogens is 2. The summed E-state index contributed by atoms with van der Waals surface area (Å²) in [7, 11) is 0. The van der Waals surface area contributed by atoms with Gasteiger partial charge in [0.15, 0.2) is 0 Å². The molecule has 1 saturated heterocycles. The predicted molar refractivity (Wildman–Crippen MR) is 116 cm³/mol. The van der Waals surface area contributed by atoms with E-state index in [1.807, 2.05) is 58.0 Å². The average molecular weight is 397 g/mol. The quantitative estimate of drug-likeness (QED) is 0.566. The van der Waals surface area contributed by atoms with Gasteiger partial charge in [0.25, 0.3) is 5.91 Å². The van der Waals surface area contributed by atoms with E-state index in [2.05, 4.69) is 29.2 Å². The average Bonchev–Trinajstić information content (AvgIpc) is 3.28. The van der Waals surface area contributed by atoms with Crippen LogP contribution in [0.3, 0.4) is 0 Å². The zero-order valence-corrected chi connectivity index (χ0v) is 16.6. The molecule has 0 spiro atoms. The van der Waals surface area contributed by atoms with Gasteiger partial charge in [-0.1, -0.05) is 54.6 Å². The van der Waals surface area contributed by atoms with Crippen LogP contribution in [0.15, 0.2) is 85.5 Å². The second-order valence-electron chi connectivity index (χ2n) is 7.91. The summed E-state index contributed by atoms with van der Waals surface area (Å²) in [6.45, 7) is 1.06. The molecule has 5 rings (SSSR count). The Kier molecular flexibility index (Phi) is 4.60. The molecule has 0 atom stereocenters. The first kappa shape index (κ1) is 18.6. The van der Waals surface area contributed by atoms with Crippen molar-refractivity contribution < 1.29 is 9.90 Å². The Bertz CT molecular complexity index is 1170. The molecule has 3 heterocycles. The molecule has 0 bridgehead atoms. The Hall–Kier alpha value is -3.44. The summed E-state index contributed by atoms with van der Waals surface area (Å²) >= 11 is 0. The smallest absolute Gasteiger partial charge is 0.253 e. The van der Waals surface area contributed by atoms with E-state index >= 15 is 0 Å². The molecule has 0 radical (unpaired) electrons. The molecule has 5 heteroatoms. The van der Waals surface area contributed by atoms with Gasteiger partial charge in [-0.15, -0.1) is 0 Å². The van der Waals surface area contributed by atoms with Crippen molar-refractivity contribution in [1.82, 2.24) is 14.3 Å². The lowest BCUT2D eigenvalue weighted by Crippen LogP contribution is -2.45. The van der Waals surface area contributed by atoms with Crippen molar-refractivity contribution in [1.29, 1.82) is 0 Å². The number of carbonyl (C=O) groups excluding carboxylic acids is 1. The van der Waals surface area contributed by atoms with Crippen LogP contribution in [0.2, 0.25) is 0 Å². The van der Waals surface area contributed by atoms with E-state index in [1.54, 1.807) is 12.5 Å². The number of rotatable bonds is 3. The van der Waals surface area contributed by atoms with Gasteiger partial charge in [0.1, 0.15) is 0 Å². The molecule has 1 aliphatic rings. The van der Waals surface area contributed by atoms with Gasteiger partial charge in [-0.3, -0.25) is 4.79 Å². The molecule has 5 nitrogen and oxygen atoms in total. The van der Waals surface area contributed by atoms with Crippen molar-refractivity contribution in [3.8, 4) is 11.1 Å². The largest absolute Gasteiger partial charge is 0.385 e. The van der Waals surface area contributed by atoms with Crippen LogP contribution in [-0.2, 0) is 5.60 Å². The number of amides is 1. The normalized spacial score (nSPS) is 16.0. The molecule has 1 N–H and O–H groups in total. The van der Waals surface area contributed by atoms with Gasteiger partial charge < -0.3 is 14.4 Å². The summed E-state index contributed by atoms with van der Waals surface area (Å²) < 4.78 is 1.88. The number of hydrogen-bond acceptors (Lipinski definition) is 3. The molecule has 1 amide bonds. The third kappa shape index (κ3) is 3.37. The summed E-state index contributed by atoms with van der Waals surface area (Å²) in [5, 5.41) is 11.2. The molecule has 0 aliphatic carbocycles. The Labute approximate surface area is 175 Å². The highest BCUT2D eigenvalue weighted by atomic mass is 16.3. The van der Waals surface area contributed by atoms with Crippen LogP contribution < -0.4 is 0 Å². The number of imidazole rings is 1. The minimum atomic E-state index is -0.901. The van der Waals surface area contributed by atoms with E-state index < -0.39 is 5.60 Å². The molecule has 0 unspecified atom stereocenters. The highest BCUT2D eigenvalue weighted by Crippen LogP contribution is 2.34. The summed E-state index contributed by atoms with van der Waals surface area (Å²) in [6.07, 6.45) is 6.36. The molecule has 0 saturated carbocycles. The van der Waals surface area contributed by atoms with Gasteiger partial charge in [0.2, 0.25) is 0 Å². The fourth-order valence-corrected chi connectivity index (χ4v) is 4.21. The lowest BCUT2D eigenvalue weighted by atomic mass is 9.83. The van der Waals surface area contributed by atoms with Gasteiger partial charge in [-0.05, 0) is 41.7 Å². The number of nitrogens with zero attached hydrogens (tertiary/aromatic N) is 3. The molecule has 1 fully saturated rings. The SMILES string of the molecule is O=C(c1ccn2cncc2c1)N1CCC(O)(c2ccc(-c3ccccc3)cc2)CC1. The van der Waals surface area contributed by atoms with E-state index in [0.717, 1.165) is 22.2 Å². The first-order chi connectivity index (χ1) is 14.6. The zero-order valence-electron chi connectivity index (χ0n) is 16.6. The van der Waals surface area contributed by atoms with Gasteiger partial charge in [0.05, 0.1) is 23.6 Å². The Morgan fingerprint density at radius 2 is 1.63 bits per heavy atom. The van der Waals surface area contributed by atoms with Crippen molar-refractivity contribution in [2.45, 2.75) is 18.4 Å². The van der Waals surface area contributed by atoms with E-state index in [4.69, 9.17) is 0 Å². The highest BCUT2D eigenvalue weighted by Gasteiger charge is 2.35. The molecule has 4 aromatic rings. The summed E-state index contributed by atoms with van der Waals surface area (Å²) in [5.41, 5.74) is 3.85. The second-order valence-corrected chi connectivity index (χ2v) is 7.91. The first-order valence-corrected chi connectivity index (χ1v) is 10.2. The van der Waals surface area contributed by atoms with Crippen LogP contribution in [0.4, 0.5) is 0 Å². The lowest BCUT2D eigenvalue weighted by Gasteiger charge is -2.38. The zero-order chi connectivity index (χ0) is 20.6. The summed E-state index contributed by atoms with van der Waals surface area (Å²) in [4.78, 5) is 18.9. The van der Waals surface area contributed by atoms with Crippen LogP contribution in [-0.4, -0.2) is 38.4 Å². The molecule has 1 aliphatic heterocycles. The number of carbonyl (C=O) groups is 1. The summed E-state index contributed by atoms with van der Waals surface area (Å²) in [5.74, 6) is 0.000163. The maximum absolute atomic E-state index is 12.9. The van der Waals surface area contributed by atoms with E-state index in [0.29, 0.717) is 31.5 Å². The number of likely N-dealkylation sites (tertiary alicyclic amines) is 1. The number of pyridine rings is 1. The van der Waals surface area contributed by atoms with Gasteiger partial charge in [-0.25, -0.2) is 4.98 Å². The monoisotopic (exact) mass is 397 g/mol. The van der Waals surface area contributed by atoms with Crippen LogP contribution in [0.25, 0.3) is 16.6 Å². The van der Waals surface area contributed by atoms with Crippen LogP contribution >= 0.6 is 0 Å². The van der Waals surface area contributed by atoms with E-state index in [9.17, 15) is 9.90 Å². The second kappa shape index (κ2) is 7.43. The van der Waals surface area contributed by atoms with Crippen LogP contribution in [0.5, 0.6) is 0 Å². The number of hydrogen-bond donors (Lipinski definition) is 1. The molecular weight excluding hydrogens is 374 g/mol. The molecule has 2 aromatic heterocycles. The summed E-state index contributed by atoms with van der Waals surface area (Å²) in [6, 6.07) is 22.0. The van der Waals surface area contributed by atoms with Crippen molar-refractivity contribution in [2.24, 2.45) is 0 Å². The third-order valence-electron chi connectivity index (χ3n) is 6.07. The van der Waals surface area contributed by atoms with Gasteiger partial charge in [0, 0.05) is 24.8 Å². The number of piperidine rings is 1. The predicted octanol–water partition coefficient (Wildman–Crippen LogP) is 4.13. The first-order valence-electron chi connectivity index (χ1n) is 10.2. The van der Waals surface area contributed by atoms with Gasteiger partial charge in [-0.2, -0.15) is 0 Å².